The van der Waals surface area contributed by atoms with Gasteiger partial charge in [0.15, 0.2) is 0 Å². The Morgan fingerprint density at radius 1 is 0.938 bits per heavy atom. The molecule has 0 aliphatic rings. The van der Waals surface area contributed by atoms with E-state index in [9.17, 15) is 29.1 Å². The predicted molar refractivity (Wildman–Crippen MR) is 117 cm³/mol. The number of aliphatic carboxylic acids is 3. The van der Waals surface area contributed by atoms with Gasteiger partial charge in [0.2, 0.25) is 0 Å². The first kappa shape index (κ1) is 26.8. The van der Waals surface area contributed by atoms with Crippen LogP contribution < -0.4 is 20.4 Å². The zero-order valence-electron chi connectivity index (χ0n) is 17.4. The van der Waals surface area contributed by atoms with Crippen LogP contribution in [0.5, 0.6) is 0 Å². The standard InChI is InChI=1S/C19H24N3O8.CH2.Al/c23-15(24)10-9-14(18(28)29)22-19(30)21-13(17(26)27)8-4-5-11-20-16(25)12-6-2-1-3-7-12;;/h1-2,6-7,13-14H,4-5,8-11H2,(H,20,25)(H,23,24)(H,26,27)(H,28,29)(H2,21,22,30);1H2;/t13-,14-;;/m0../s1. The van der Waals surface area contributed by atoms with Crippen molar-refractivity contribution in [2.75, 3.05) is 6.54 Å². The third-order valence-electron chi connectivity index (χ3n) is 4.44. The van der Waals surface area contributed by atoms with Crippen molar-refractivity contribution in [3.8, 4) is 0 Å². The monoisotopic (exact) mass is 463 g/mol. The van der Waals surface area contributed by atoms with Gasteiger partial charge in [-0.2, -0.15) is 0 Å². The molecule has 1 rings (SSSR count). The second kappa shape index (κ2) is 14.0. The second-order valence-corrected chi connectivity index (χ2v) is 7.99. The van der Waals surface area contributed by atoms with Crippen molar-refractivity contribution in [3.05, 3.63) is 29.8 Å². The van der Waals surface area contributed by atoms with Crippen molar-refractivity contribution in [1.82, 2.24) is 16.0 Å². The van der Waals surface area contributed by atoms with Crippen LogP contribution in [-0.4, -0.2) is 84.0 Å². The molecule has 0 saturated carbocycles. The molecule has 0 radical (unpaired) electrons. The van der Waals surface area contributed by atoms with E-state index in [0.29, 0.717) is 24.9 Å². The number of urea groups is 1. The molecule has 6 N–H and O–H groups in total. The number of rotatable bonds is 14. The number of nitrogens with one attached hydrogen (secondary N) is 3. The molecule has 0 spiro atoms. The second-order valence-electron chi connectivity index (χ2n) is 6.91. The quantitative estimate of drug-likeness (QED) is 0.156. The van der Waals surface area contributed by atoms with Crippen LogP contribution in [0.3, 0.4) is 0 Å². The van der Waals surface area contributed by atoms with Gasteiger partial charge in [0.1, 0.15) is 6.04 Å². The van der Waals surface area contributed by atoms with Crippen molar-refractivity contribution in [3.63, 3.8) is 0 Å². The number of carboxylic acid groups (broad SMARTS) is 3. The van der Waals surface area contributed by atoms with Crippen LogP contribution in [0.25, 0.3) is 0 Å². The number of carboxylic acids is 3. The van der Waals surface area contributed by atoms with E-state index in [1.54, 1.807) is 18.2 Å². The molecule has 0 heterocycles. The van der Waals surface area contributed by atoms with E-state index < -0.39 is 42.4 Å². The summed E-state index contributed by atoms with van der Waals surface area (Å²) in [7, 11) is 0. The summed E-state index contributed by atoms with van der Waals surface area (Å²) in [4.78, 5) is 57.2. The zero-order chi connectivity index (χ0) is 24.1. The Morgan fingerprint density at radius 3 is 2.12 bits per heavy atom. The summed E-state index contributed by atoms with van der Waals surface area (Å²) in [5, 5.41) is 37.8. The molecule has 0 fully saturated rings. The number of unbranched alkanes of at least 4 members (excludes halogenated alkanes) is 1. The van der Waals surface area contributed by atoms with Gasteiger partial charge < -0.3 is 15.5 Å². The Morgan fingerprint density at radius 2 is 1.56 bits per heavy atom. The first-order valence-corrected chi connectivity index (χ1v) is 11.3. The van der Waals surface area contributed by atoms with Crippen molar-refractivity contribution >= 4 is 54.4 Å². The summed E-state index contributed by atoms with van der Waals surface area (Å²) in [5.41, 5.74) is 0.524. The van der Waals surface area contributed by atoms with Gasteiger partial charge in [0.05, 0.1) is 0 Å². The fourth-order valence-electron chi connectivity index (χ4n) is 2.73. The molecule has 3 amide bonds. The molecule has 32 heavy (non-hydrogen) atoms. The van der Waals surface area contributed by atoms with Gasteiger partial charge in [-0.15, -0.1) is 0 Å². The Bertz CT molecular complexity index is 861. The molecule has 11 nitrogen and oxygen atoms in total. The molecular formula is C20H26AlN3O8. The average molecular weight is 463 g/mol. The van der Waals surface area contributed by atoms with Crippen LogP contribution in [0.2, 0.25) is 0 Å². The summed E-state index contributed by atoms with van der Waals surface area (Å²) < 4.78 is 1.01. The maximum absolute atomic E-state index is 12.2. The molecule has 0 bridgehead atoms. The average Bonchev–Trinajstić information content (AvgIpc) is 2.74. The Kier molecular flexibility index (Phi) is 11.7. The topological polar surface area (TPSA) is 182 Å². The summed E-state index contributed by atoms with van der Waals surface area (Å²) in [5.74, 6) is -4.18. The first-order chi connectivity index (χ1) is 15.1. The van der Waals surface area contributed by atoms with Crippen molar-refractivity contribution < 1.29 is 39.3 Å². The zero-order valence-corrected chi connectivity index (χ0v) is 18.5. The minimum atomic E-state index is -1.46. The van der Waals surface area contributed by atoms with E-state index in [4.69, 9.17) is 10.2 Å². The van der Waals surface area contributed by atoms with Gasteiger partial charge in [-0.1, -0.05) is 0 Å². The molecule has 0 aromatic heterocycles. The van der Waals surface area contributed by atoms with Gasteiger partial charge in [-0.25, -0.2) is 9.59 Å². The van der Waals surface area contributed by atoms with Crippen molar-refractivity contribution in [2.45, 2.75) is 44.2 Å². The molecule has 2 atom stereocenters. The Hall–Kier alpha value is -3.23. The molecule has 0 aliphatic heterocycles. The van der Waals surface area contributed by atoms with Crippen LogP contribution >= 0.6 is 0 Å². The fraction of sp³-hybridized carbons (Fsp3) is 0.400. The van der Waals surface area contributed by atoms with E-state index in [0.717, 1.165) is 4.43 Å². The number of carbonyl (C=O) groups is 5. The third-order valence-corrected chi connectivity index (χ3v) is 5.27. The van der Waals surface area contributed by atoms with E-state index in [-0.39, 0.29) is 33.5 Å². The number of hydrogen-bond donors (Lipinski definition) is 6. The van der Waals surface area contributed by atoms with Crippen LogP contribution in [0, 0.1) is 0 Å². The Balaban J connectivity index is 2.44. The third kappa shape index (κ3) is 10.2. The number of carbonyl (C=O) groups excluding carboxylic acids is 2. The summed E-state index contributed by atoms with van der Waals surface area (Å²) in [6, 6.07) is 3.41. The minimum absolute atomic E-state index is 0.0613. The van der Waals surface area contributed by atoms with Crippen LogP contribution in [-0.2, 0) is 14.4 Å². The molecule has 0 unspecified atom stereocenters. The molecule has 1 aromatic rings. The van der Waals surface area contributed by atoms with Gasteiger partial charge >= 0.3 is 141 Å². The Labute approximate surface area is 190 Å². The molecule has 172 valence electrons. The van der Waals surface area contributed by atoms with Gasteiger partial charge in [0.25, 0.3) is 0 Å². The van der Waals surface area contributed by atoms with Crippen molar-refractivity contribution in [2.24, 2.45) is 0 Å². The van der Waals surface area contributed by atoms with Gasteiger partial charge in [-0.05, 0) is 6.42 Å². The molecule has 0 saturated heterocycles. The van der Waals surface area contributed by atoms with E-state index in [2.05, 4.69) is 21.3 Å². The number of amides is 3. The van der Waals surface area contributed by atoms with Gasteiger partial charge in [-0.3, -0.25) is 4.79 Å². The predicted octanol–water partition coefficient (Wildman–Crippen LogP) is -0.581. The molecule has 1 aromatic carbocycles. The number of benzene rings is 1. The van der Waals surface area contributed by atoms with Crippen LogP contribution in [0.15, 0.2) is 24.3 Å². The molecular weight excluding hydrogens is 437 g/mol. The van der Waals surface area contributed by atoms with E-state index in [1.807, 2.05) is 6.07 Å². The fourth-order valence-corrected chi connectivity index (χ4v) is 3.27. The van der Waals surface area contributed by atoms with E-state index in [1.165, 1.54) is 0 Å². The number of hydrogen-bond acceptors (Lipinski definition) is 5. The van der Waals surface area contributed by atoms with Crippen molar-refractivity contribution in [1.29, 1.82) is 0 Å². The SMILES string of the molecule is [CH2]=[Al][c]1cccc(C(=O)NCCCC[C@H](NC(=O)N[C@@H](CCC(=O)O)C(=O)O)C(=O)O)c1. The summed E-state index contributed by atoms with van der Waals surface area (Å²) >= 11 is -0.147. The summed E-state index contributed by atoms with van der Waals surface area (Å²) in [6.45, 7) is 0.315. The maximum atomic E-state index is 12.2. The van der Waals surface area contributed by atoms with Crippen LogP contribution in [0.4, 0.5) is 4.79 Å². The molecule has 12 heteroatoms. The molecule has 0 aliphatic carbocycles. The van der Waals surface area contributed by atoms with Gasteiger partial charge in [0, 0.05) is 6.42 Å². The van der Waals surface area contributed by atoms with Crippen LogP contribution in [0.1, 0.15) is 42.5 Å². The summed E-state index contributed by atoms with van der Waals surface area (Å²) in [6.07, 6.45) is 0.101. The first-order valence-electron chi connectivity index (χ1n) is 9.89. The normalized spacial score (nSPS) is 12.0. The van der Waals surface area contributed by atoms with E-state index >= 15 is 0 Å².